The van der Waals surface area contributed by atoms with Crippen LogP contribution in [0, 0.1) is 0 Å². The van der Waals surface area contributed by atoms with Gasteiger partial charge in [0.2, 0.25) is 5.91 Å². The molecule has 1 atom stereocenters. The van der Waals surface area contributed by atoms with Gasteiger partial charge in [-0.25, -0.2) is 4.79 Å². The molecule has 0 saturated carbocycles. The molecular weight excluding hydrogens is 391 g/mol. The van der Waals surface area contributed by atoms with E-state index in [1.165, 1.54) is 12.1 Å². The van der Waals surface area contributed by atoms with Crippen molar-refractivity contribution in [2.45, 2.75) is 13.0 Å². The van der Waals surface area contributed by atoms with E-state index in [1.54, 1.807) is 18.2 Å². The third-order valence-electron chi connectivity index (χ3n) is 4.00. The van der Waals surface area contributed by atoms with Crippen LogP contribution in [0.1, 0.15) is 28.9 Å². The normalized spacial score (nSPS) is 12.0. The smallest absolute Gasteiger partial charge is 0.323 e. The van der Waals surface area contributed by atoms with E-state index in [0.29, 0.717) is 16.1 Å². The van der Waals surface area contributed by atoms with Crippen LogP contribution in [0.3, 0.4) is 0 Å². The number of imidazole rings is 1. The molecule has 7 nitrogen and oxygen atoms in total. The molecule has 4 N–H and O–H groups in total. The summed E-state index contributed by atoms with van der Waals surface area (Å²) in [5.41, 5.74) is 2.11. The number of fused-ring (bicyclic) bond motifs is 1. The molecule has 1 unspecified atom stereocenters. The molecule has 9 heteroatoms. The molecule has 2 aromatic carbocycles. The Labute approximate surface area is 164 Å². The predicted octanol–water partition coefficient (Wildman–Crippen LogP) is 2.77. The van der Waals surface area contributed by atoms with Crippen LogP contribution < -0.4 is 16.3 Å². The van der Waals surface area contributed by atoms with E-state index >= 15 is 0 Å². The number of hydrogen-bond donors (Lipinski definition) is 4. The lowest BCUT2D eigenvalue weighted by Gasteiger charge is -2.15. The number of nitrogens with one attached hydrogen (secondary N) is 4. The number of benzene rings is 2. The van der Waals surface area contributed by atoms with E-state index in [2.05, 4.69) is 20.6 Å². The summed E-state index contributed by atoms with van der Waals surface area (Å²) < 4.78 is 0. The second-order valence-electron chi connectivity index (χ2n) is 5.98. The first kappa shape index (κ1) is 19.0. The van der Waals surface area contributed by atoms with Gasteiger partial charge in [-0.3, -0.25) is 9.59 Å². The van der Waals surface area contributed by atoms with Crippen LogP contribution in [-0.2, 0) is 4.79 Å². The predicted molar refractivity (Wildman–Crippen MR) is 104 cm³/mol. The summed E-state index contributed by atoms with van der Waals surface area (Å²) in [6.45, 7) is 1.60. The number of aromatic amines is 2. The van der Waals surface area contributed by atoms with E-state index in [9.17, 15) is 14.4 Å². The number of aromatic nitrogens is 2. The van der Waals surface area contributed by atoms with Gasteiger partial charge in [-0.15, -0.1) is 0 Å². The Kier molecular flexibility index (Phi) is 5.53. The molecule has 0 aliphatic rings. The molecule has 0 aliphatic heterocycles. The molecule has 0 saturated heterocycles. The Bertz CT molecular complexity index is 1070. The number of carbonyl (C=O) groups excluding carboxylic acids is 2. The van der Waals surface area contributed by atoms with Gasteiger partial charge >= 0.3 is 5.69 Å². The van der Waals surface area contributed by atoms with Crippen LogP contribution >= 0.6 is 23.2 Å². The van der Waals surface area contributed by atoms with Crippen LogP contribution in [0.5, 0.6) is 0 Å². The summed E-state index contributed by atoms with van der Waals surface area (Å²) in [7, 11) is 0. The lowest BCUT2D eigenvalue weighted by Crippen LogP contribution is -2.38. The number of hydrogen-bond acceptors (Lipinski definition) is 3. The third-order valence-corrected chi connectivity index (χ3v) is 4.55. The molecule has 27 heavy (non-hydrogen) atoms. The fourth-order valence-electron chi connectivity index (χ4n) is 2.62. The van der Waals surface area contributed by atoms with Crippen LogP contribution in [0.2, 0.25) is 10.0 Å². The minimum atomic E-state index is -0.467. The van der Waals surface area contributed by atoms with Crippen molar-refractivity contribution in [3.8, 4) is 0 Å². The summed E-state index contributed by atoms with van der Waals surface area (Å²) in [4.78, 5) is 40.9. The second kappa shape index (κ2) is 7.85. The van der Waals surface area contributed by atoms with Gasteiger partial charge < -0.3 is 20.6 Å². The SMILES string of the molecule is CC(NC(=O)CNC(=O)c1ccc(Cl)cc1Cl)c1ccc2[nH]c(=O)[nH]c2c1. The van der Waals surface area contributed by atoms with Gasteiger partial charge in [0, 0.05) is 5.02 Å². The largest absolute Gasteiger partial charge is 0.348 e. The first-order valence-electron chi connectivity index (χ1n) is 8.08. The summed E-state index contributed by atoms with van der Waals surface area (Å²) >= 11 is 11.8. The summed E-state index contributed by atoms with van der Waals surface area (Å²) in [6, 6.07) is 9.54. The maximum absolute atomic E-state index is 12.1. The molecule has 0 bridgehead atoms. The van der Waals surface area contributed by atoms with Gasteiger partial charge in [0.05, 0.1) is 34.2 Å². The first-order valence-corrected chi connectivity index (χ1v) is 8.83. The Balaban J connectivity index is 1.59. The average Bonchev–Trinajstić information content (AvgIpc) is 2.98. The molecular formula is C18H16Cl2N4O3. The molecule has 0 aliphatic carbocycles. The highest BCUT2D eigenvalue weighted by molar-refractivity contribution is 6.36. The molecule has 3 rings (SSSR count). The first-order chi connectivity index (χ1) is 12.8. The van der Waals surface area contributed by atoms with Gasteiger partial charge in [-0.1, -0.05) is 29.3 Å². The van der Waals surface area contributed by atoms with Crippen molar-refractivity contribution < 1.29 is 9.59 Å². The van der Waals surface area contributed by atoms with E-state index < -0.39 is 5.91 Å². The number of carbonyl (C=O) groups is 2. The lowest BCUT2D eigenvalue weighted by molar-refractivity contribution is -0.120. The van der Waals surface area contributed by atoms with Crippen molar-refractivity contribution in [1.82, 2.24) is 20.6 Å². The topological polar surface area (TPSA) is 107 Å². The Morgan fingerprint density at radius 1 is 1.07 bits per heavy atom. The van der Waals surface area contributed by atoms with Crippen molar-refractivity contribution >= 4 is 46.0 Å². The summed E-state index contributed by atoms with van der Waals surface area (Å²) in [5, 5.41) is 5.94. The highest BCUT2D eigenvalue weighted by atomic mass is 35.5. The van der Waals surface area contributed by atoms with Crippen LogP contribution in [-0.4, -0.2) is 28.3 Å². The van der Waals surface area contributed by atoms with E-state index in [4.69, 9.17) is 23.2 Å². The number of rotatable bonds is 5. The average molecular weight is 407 g/mol. The molecule has 1 aromatic heterocycles. The third kappa shape index (κ3) is 4.50. The monoisotopic (exact) mass is 406 g/mol. The van der Waals surface area contributed by atoms with E-state index in [0.717, 1.165) is 5.56 Å². The van der Waals surface area contributed by atoms with E-state index in [-0.39, 0.29) is 34.8 Å². The fourth-order valence-corrected chi connectivity index (χ4v) is 3.12. The molecule has 0 radical (unpaired) electrons. The zero-order valence-corrected chi connectivity index (χ0v) is 15.7. The maximum atomic E-state index is 12.1. The summed E-state index contributed by atoms with van der Waals surface area (Å²) in [5.74, 6) is -0.825. The van der Waals surface area contributed by atoms with Gasteiger partial charge in [-0.05, 0) is 42.8 Å². The highest BCUT2D eigenvalue weighted by Crippen LogP contribution is 2.21. The second-order valence-corrected chi connectivity index (χ2v) is 6.82. The minimum Gasteiger partial charge on any atom is -0.348 e. The van der Waals surface area contributed by atoms with Crippen LogP contribution in [0.15, 0.2) is 41.2 Å². The molecule has 0 fully saturated rings. The number of halogens is 2. The maximum Gasteiger partial charge on any atom is 0.323 e. The van der Waals surface area contributed by atoms with Gasteiger partial charge in [0.15, 0.2) is 0 Å². The van der Waals surface area contributed by atoms with Crippen molar-refractivity contribution in [2.24, 2.45) is 0 Å². The number of amides is 2. The van der Waals surface area contributed by atoms with Crippen LogP contribution in [0.4, 0.5) is 0 Å². The molecule has 3 aromatic rings. The zero-order valence-electron chi connectivity index (χ0n) is 14.2. The minimum absolute atomic E-state index is 0.203. The standard InChI is InChI=1S/C18H16Cl2N4O3/c1-9(10-2-5-14-15(6-10)24-18(27)23-14)22-16(25)8-21-17(26)12-4-3-11(19)7-13(12)20/h2-7,9H,8H2,1H3,(H,21,26)(H,22,25)(H2,23,24,27). The van der Waals surface area contributed by atoms with Crippen molar-refractivity contribution in [3.63, 3.8) is 0 Å². The molecule has 1 heterocycles. The van der Waals surface area contributed by atoms with E-state index in [1.807, 2.05) is 13.0 Å². The molecule has 2 amide bonds. The van der Waals surface area contributed by atoms with Crippen molar-refractivity contribution in [2.75, 3.05) is 6.54 Å². The van der Waals surface area contributed by atoms with Crippen molar-refractivity contribution in [1.29, 1.82) is 0 Å². The summed E-state index contributed by atoms with van der Waals surface area (Å²) in [6.07, 6.45) is 0. The quantitative estimate of drug-likeness (QED) is 0.523. The Hall–Kier alpha value is -2.77. The van der Waals surface area contributed by atoms with Gasteiger partial charge in [-0.2, -0.15) is 0 Å². The van der Waals surface area contributed by atoms with Gasteiger partial charge in [0.25, 0.3) is 5.91 Å². The molecule has 0 spiro atoms. The van der Waals surface area contributed by atoms with Crippen molar-refractivity contribution in [3.05, 3.63) is 68.1 Å². The van der Waals surface area contributed by atoms with Gasteiger partial charge in [0.1, 0.15) is 0 Å². The van der Waals surface area contributed by atoms with Crippen LogP contribution in [0.25, 0.3) is 11.0 Å². The molecule has 140 valence electrons. The number of H-pyrrole nitrogens is 2. The lowest BCUT2D eigenvalue weighted by atomic mass is 10.1. The fraction of sp³-hybridized carbons (Fsp3) is 0.167. The highest BCUT2D eigenvalue weighted by Gasteiger charge is 2.14. The Morgan fingerprint density at radius 2 is 1.81 bits per heavy atom. The Morgan fingerprint density at radius 3 is 2.56 bits per heavy atom. The zero-order chi connectivity index (χ0) is 19.6.